The van der Waals surface area contributed by atoms with E-state index in [1.807, 2.05) is 29.2 Å². The van der Waals surface area contributed by atoms with Crippen molar-refractivity contribution in [3.05, 3.63) is 24.7 Å². The first-order valence-electron chi connectivity index (χ1n) is 7.50. The Morgan fingerprint density at radius 1 is 1.30 bits per heavy atom. The third kappa shape index (κ3) is 2.77. The molecule has 2 aromatic heterocycles. The molecule has 1 fully saturated rings. The lowest BCUT2D eigenvalue weighted by Crippen LogP contribution is -2.39. The highest BCUT2D eigenvalue weighted by atomic mass is 15.3. The molecule has 2 aromatic rings. The molecule has 0 aromatic carbocycles. The minimum Gasteiger partial charge on any atom is -0.355 e. The highest BCUT2D eigenvalue weighted by Gasteiger charge is 2.21. The lowest BCUT2D eigenvalue weighted by molar-refractivity contribution is 0.370. The van der Waals surface area contributed by atoms with Crippen LogP contribution in [0.5, 0.6) is 0 Å². The maximum atomic E-state index is 4.55. The summed E-state index contributed by atoms with van der Waals surface area (Å²) in [5.41, 5.74) is 1.10. The summed E-state index contributed by atoms with van der Waals surface area (Å²) in [5.74, 6) is 1.86. The summed E-state index contributed by atoms with van der Waals surface area (Å²) in [7, 11) is 0. The number of piperidine rings is 1. The summed E-state index contributed by atoms with van der Waals surface area (Å²) in [6.45, 7) is 7.72. The summed E-state index contributed by atoms with van der Waals surface area (Å²) in [5, 5.41) is 7.83. The topological polar surface area (TPSA) is 45.5 Å². The molecule has 0 aliphatic carbocycles. The van der Waals surface area contributed by atoms with Crippen LogP contribution >= 0.6 is 0 Å². The zero-order valence-electron chi connectivity index (χ0n) is 12.3. The van der Waals surface area contributed by atoms with Gasteiger partial charge in [0, 0.05) is 31.5 Å². The number of nitrogens with one attached hydrogen (secondary N) is 1. The fourth-order valence-corrected chi connectivity index (χ4v) is 2.84. The Balaban J connectivity index is 1.65. The second-order valence-corrected chi connectivity index (χ2v) is 5.91. The molecule has 1 aliphatic rings. The third-order valence-electron chi connectivity index (χ3n) is 4.03. The minimum absolute atomic E-state index is 0.579. The molecule has 3 heterocycles. The maximum absolute atomic E-state index is 4.55. The summed E-state index contributed by atoms with van der Waals surface area (Å²) in [6.07, 6.45) is 8.03. The van der Waals surface area contributed by atoms with Crippen LogP contribution in [0, 0.1) is 5.92 Å². The molecule has 0 amide bonds. The van der Waals surface area contributed by atoms with Crippen LogP contribution < -0.4 is 10.2 Å². The molecule has 0 radical (unpaired) electrons. The van der Waals surface area contributed by atoms with Gasteiger partial charge in [-0.2, -0.15) is 5.10 Å². The molecule has 0 bridgehead atoms. The molecule has 0 unspecified atom stereocenters. The Kier molecular flexibility index (Phi) is 3.87. The van der Waals surface area contributed by atoms with Gasteiger partial charge in [0.2, 0.25) is 0 Å². The van der Waals surface area contributed by atoms with Crippen LogP contribution in [0.4, 0.5) is 5.82 Å². The zero-order chi connectivity index (χ0) is 13.9. The first-order valence-corrected chi connectivity index (χ1v) is 7.50. The Morgan fingerprint density at radius 2 is 2.10 bits per heavy atom. The first kappa shape index (κ1) is 13.4. The molecule has 1 aliphatic heterocycles. The number of hydrogen-bond donors (Lipinski definition) is 1. The monoisotopic (exact) mass is 273 g/mol. The van der Waals surface area contributed by atoms with Crippen molar-refractivity contribution in [3.8, 4) is 0 Å². The Hall–Kier alpha value is -1.62. The SMILES string of the molecule is CC(C)NCC1CCN(c2nccn3nccc23)CC1. The van der Waals surface area contributed by atoms with Crippen LogP contribution in [-0.2, 0) is 0 Å². The van der Waals surface area contributed by atoms with Crippen LogP contribution in [0.15, 0.2) is 24.7 Å². The van der Waals surface area contributed by atoms with Gasteiger partial charge >= 0.3 is 0 Å². The van der Waals surface area contributed by atoms with E-state index in [9.17, 15) is 0 Å². The number of aromatic nitrogens is 3. The van der Waals surface area contributed by atoms with Crippen LogP contribution in [0.1, 0.15) is 26.7 Å². The molecular formula is C15H23N5. The highest BCUT2D eigenvalue weighted by molar-refractivity contribution is 5.68. The fourth-order valence-electron chi connectivity index (χ4n) is 2.84. The standard InChI is InChI=1S/C15H23N5/c1-12(2)17-11-13-4-8-19(9-5-13)15-14-3-6-18-20(14)10-7-16-15/h3,6-7,10,12-13,17H,4-5,8-9,11H2,1-2H3. The molecule has 3 rings (SSSR count). The van der Waals surface area contributed by atoms with E-state index in [-0.39, 0.29) is 0 Å². The van der Waals surface area contributed by atoms with Crippen molar-refractivity contribution in [2.75, 3.05) is 24.5 Å². The van der Waals surface area contributed by atoms with E-state index in [1.54, 1.807) is 0 Å². The van der Waals surface area contributed by atoms with E-state index >= 15 is 0 Å². The maximum Gasteiger partial charge on any atom is 0.154 e. The van der Waals surface area contributed by atoms with Gasteiger partial charge in [-0.25, -0.2) is 9.50 Å². The van der Waals surface area contributed by atoms with Crippen molar-refractivity contribution in [1.29, 1.82) is 0 Å². The van der Waals surface area contributed by atoms with E-state index in [0.717, 1.165) is 36.9 Å². The predicted molar refractivity (Wildman–Crippen MR) is 81.1 cm³/mol. The Bertz CT molecular complexity index is 554. The summed E-state index contributed by atoms with van der Waals surface area (Å²) < 4.78 is 1.90. The van der Waals surface area contributed by atoms with Gasteiger partial charge in [-0.3, -0.25) is 0 Å². The zero-order valence-corrected chi connectivity index (χ0v) is 12.3. The van der Waals surface area contributed by atoms with E-state index in [1.165, 1.54) is 12.8 Å². The lowest BCUT2D eigenvalue weighted by Gasteiger charge is -2.33. The average molecular weight is 273 g/mol. The quantitative estimate of drug-likeness (QED) is 0.925. The van der Waals surface area contributed by atoms with Gasteiger partial charge in [0.05, 0.1) is 6.20 Å². The van der Waals surface area contributed by atoms with Gasteiger partial charge in [-0.15, -0.1) is 0 Å². The summed E-state index contributed by atoms with van der Waals surface area (Å²) in [4.78, 5) is 6.94. The van der Waals surface area contributed by atoms with Crippen molar-refractivity contribution in [2.45, 2.75) is 32.7 Å². The van der Waals surface area contributed by atoms with Crippen LogP contribution in [0.3, 0.4) is 0 Å². The van der Waals surface area contributed by atoms with Crippen LogP contribution in [-0.4, -0.2) is 40.3 Å². The summed E-state index contributed by atoms with van der Waals surface area (Å²) in [6, 6.07) is 2.62. The molecule has 1 N–H and O–H groups in total. The molecule has 0 atom stereocenters. The fraction of sp³-hybridized carbons (Fsp3) is 0.600. The molecular weight excluding hydrogens is 250 g/mol. The largest absolute Gasteiger partial charge is 0.355 e. The number of fused-ring (bicyclic) bond motifs is 1. The van der Waals surface area contributed by atoms with E-state index in [4.69, 9.17) is 0 Å². The van der Waals surface area contributed by atoms with Crippen molar-refractivity contribution < 1.29 is 0 Å². The van der Waals surface area contributed by atoms with Gasteiger partial charge < -0.3 is 10.2 Å². The number of anilines is 1. The number of hydrogen-bond acceptors (Lipinski definition) is 4. The molecule has 5 heteroatoms. The first-order chi connectivity index (χ1) is 9.74. The number of rotatable bonds is 4. The molecule has 0 saturated carbocycles. The van der Waals surface area contributed by atoms with Crippen LogP contribution in [0.25, 0.3) is 5.52 Å². The number of nitrogens with zero attached hydrogens (tertiary/aromatic N) is 4. The van der Waals surface area contributed by atoms with Crippen LogP contribution in [0.2, 0.25) is 0 Å². The summed E-state index contributed by atoms with van der Waals surface area (Å²) >= 11 is 0. The second kappa shape index (κ2) is 5.79. The van der Waals surface area contributed by atoms with E-state index < -0.39 is 0 Å². The highest BCUT2D eigenvalue weighted by Crippen LogP contribution is 2.24. The Morgan fingerprint density at radius 3 is 2.85 bits per heavy atom. The second-order valence-electron chi connectivity index (χ2n) is 5.91. The molecule has 108 valence electrons. The predicted octanol–water partition coefficient (Wildman–Crippen LogP) is 1.94. The van der Waals surface area contributed by atoms with E-state index in [0.29, 0.717) is 6.04 Å². The van der Waals surface area contributed by atoms with E-state index in [2.05, 4.69) is 34.1 Å². The van der Waals surface area contributed by atoms with Crippen molar-refractivity contribution in [3.63, 3.8) is 0 Å². The molecule has 5 nitrogen and oxygen atoms in total. The molecule has 20 heavy (non-hydrogen) atoms. The molecule has 1 saturated heterocycles. The van der Waals surface area contributed by atoms with Gasteiger partial charge in [0.15, 0.2) is 5.82 Å². The van der Waals surface area contributed by atoms with Gasteiger partial charge in [-0.1, -0.05) is 13.8 Å². The third-order valence-corrected chi connectivity index (χ3v) is 4.03. The minimum atomic E-state index is 0.579. The van der Waals surface area contributed by atoms with Crippen molar-refractivity contribution in [2.24, 2.45) is 5.92 Å². The average Bonchev–Trinajstić information content (AvgIpc) is 2.94. The lowest BCUT2D eigenvalue weighted by atomic mass is 9.96. The smallest absolute Gasteiger partial charge is 0.154 e. The van der Waals surface area contributed by atoms with Gasteiger partial charge in [0.1, 0.15) is 5.52 Å². The van der Waals surface area contributed by atoms with Crippen molar-refractivity contribution >= 4 is 11.3 Å². The van der Waals surface area contributed by atoms with Gasteiger partial charge in [0.25, 0.3) is 0 Å². The van der Waals surface area contributed by atoms with Gasteiger partial charge in [-0.05, 0) is 31.4 Å². The van der Waals surface area contributed by atoms with Crippen molar-refractivity contribution in [1.82, 2.24) is 19.9 Å². The molecule has 0 spiro atoms. The Labute approximate surface area is 120 Å². The normalized spacial score (nSPS) is 17.2.